The zero-order chi connectivity index (χ0) is 6.85. The third-order valence-electron chi connectivity index (χ3n) is 0.816. The molecule has 1 aliphatic rings. The van der Waals surface area contributed by atoms with Crippen molar-refractivity contribution in [2.45, 2.75) is 6.23 Å². The van der Waals surface area contributed by atoms with Crippen molar-refractivity contribution in [3.63, 3.8) is 0 Å². The van der Waals surface area contributed by atoms with Gasteiger partial charge >= 0.3 is 6.03 Å². The fourth-order valence-electron chi connectivity index (χ4n) is 0.501. The Labute approximate surface area is 56.5 Å². The number of amides is 2. The van der Waals surface area contributed by atoms with Gasteiger partial charge in [-0.1, -0.05) is 11.6 Å². The summed E-state index contributed by atoms with van der Waals surface area (Å²) < 4.78 is 0. The summed E-state index contributed by atoms with van der Waals surface area (Å²) in [5, 5.41) is 13.2. The first-order valence-corrected chi connectivity index (χ1v) is 2.69. The Morgan fingerprint density at radius 3 is 2.89 bits per heavy atom. The number of halogens is 1. The van der Waals surface area contributed by atoms with E-state index in [0.717, 1.165) is 0 Å². The molecule has 5 heteroatoms. The van der Waals surface area contributed by atoms with Crippen molar-refractivity contribution >= 4 is 17.6 Å². The smallest absolute Gasteiger partial charge is 0.322 e. The highest BCUT2D eigenvalue weighted by Crippen LogP contribution is 2.00. The summed E-state index contributed by atoms with van der Waals surface area (Å²) in [7, 11) is 0. The number of carbonyl (C=O) groups is 1. The van der Waals surface area contributed by atoms with E-state index in [-0.39, 0.29) is 5.16 Å². The Morgan fingerprint density at radius 2 is 2.44 bits per heavy atom. The number of aliphatic hydroxyl groups is 1. The van der Waals surface area contributed by atoms with Gasteiger partial charge in [-0.15, -0.1) is 0 Å². The molecule has 0 radical (unpaired) electrons. The number of aliphatic hydroxyl groups excluding tert-OH is 1. The molecule has 50 valence electrons. The van der Waals surface area contributed by atoms with Crippen LogP contribution in [-0.2, 0) is 0 Å². The van der Waals surface area contributed by atoms with Gasteiger partial charge in [-0.05, 0) is 6.08 Å². The van der Waals surface area contributed by atoms with Gasteiger partial charge in [-0.2, -0.15) is 0 Å². The molecule has 0 saturated carbocycles. The van der Waals surface area contributed by atoms with Crippen LogP contribution in [0.4, 0.5) is 4.79 Å². The molecule has 4 nitrogen and oxygen atoms in total. The maximum Gasteiger partial charge on any atom is 0.322 e. The monoisotopic (exact) mass is 148 g/mol. The van der Waals surface area contributed by atoms with Crippen LogP contribution in [0.15, 0.2) is 11.2 Å². The zero-order valence-corrected chi connectivity index (χ0v) is 5.14. The summed E-state index contributed by atoms with van der Waals surface area (Å²) in [6.07, 6.45) is 0.314. The Morgan fingerprint density at radius 1 is 1.78 bits per heavy atom. The average Bonchev–Trinajstić information content (AvgIpc) is 1.59. The predicted octanol–water partition coefficient (Wildman–Crippen LogP) is -0.302. The van der Waals surface area contributed by atoms with Crippen molar-refractivity contribution < 1.29 is 9.90 Å². The summed E-state index contributed by atoms with van der Waals surface area (Å²) in [4.78, 5) is 10.4. The van der Waals surface area contributed by atoms with E-state index in [4.69, 9.17) is 16.7 Å². The van der Waals surface area contributed by atoms with Gasteiger partial charge in [0.15, 0.2) is 6.23 Å². The first kappa shape index (κ1) is 6.38. The number of rotatable bonds is 0. The Bertz CT molecular complexity index is 168. The molecule has 9 heavy (non-hydrogen) atoms. The standard InChI is InChI=1S/C4H5ClN2O2/c5-2-1-3(8)7-4(9)6-2/h1,3,8H,(H2,6,7,9). The molecule has 1 unspecified atom stereocenters. The molecule has 1 atom stereocenters. The lowest BCUT2D eigenvalue weighted by molar-refractivity contribution is 0.174. The number of urea groups is 1. The fourth-order valence-corrected chi connectivity index (χ4v) is 0.706. The molecule has 2 amide bonds. The van der Waals surface area contributed by atoms with Gasteiger partial charge in [0.1, 0.15) is 5.16 Å². The second-order valence-electron chi connectivity index (χ2n) is 1.56. The van der Waals surface area contributed by atoms with Crippen LogP contribution < -0.4 is 10.6 Å². The third-order valence-corrected chi connectivity index (χ3v) is 1.04. The summed E-state index contributed by atoms with van der Waals surface area (Å²) in [5.41, 5.74) is 0. The molecule has 0 aromatic rings. The zero-order valence-electron chi connectivity index (χ0n) is 4.39. The largest absolute Gasteiger partial charge is 0.370 e. The van der Waals surface area contributed by atoms with Gasteiger partial charge in [-0.3, -0.25) is 5.32 Å². The van der Waals surface area contributed by atoms with Gasteiger partial charge in [0.05, 0.1) is 0 Å². The first-order valence-electron chi connectivity index (χ1n) is 2.31. The quantitative estimate of drug-likeness (QED) is 0.413. The van der Waals surface area contributed by atoms with Crippen molar-refractivity contribution in [3.05, 3.63) is 11.2 Å². The molecule has 0 saturated heterocycles. The first-order chi connectivity index (χ1) is 4.18. The van der Waals surface area contributed by atoms with Crippen molar-refractivity contribution in [2.24, 2.45) is 0 Å². The molecular weight excluding hydrogens is 144 g/mol. The summed E-state index contributed by atoms with van der Waals surface area (Å²) in [5.74, 6) is 0. The summed E-state index contributed by atoms with van der Waals surface area (Å²) in [6.45, 7) is 0. The van der Waals surface area contributed by atoms with Crippen LogP contribution in [0, 0.1) is 0 Å². The van der Waals surface area contributed by atoms with Gasteiger partial charge in [0, 0.05) is 0 Å². The molecule has 3 N–H and O–H groups in total. The van der Waals surface area contributed by atoms with E-state index in [1.165, 1.54) is 6.08 Å². The van der Waals surface area contributed by atoms with Crippen LogP contribution in [-0.4, -0.2) is 17.4 Å². The van der Waals surface area contributed by atoms with Gasteiger partial charge < -0.3 is 10.4 Å². The number of hydrogen-bond donors (Lipinski definition) is 3. The molecule has 0 aromatic carbocycles. The minimum Gasteiger partial charge on any atom is -0.370 e. The second-order valence-corrected chi connectivity index (χ2v) is 1.97. The van der Waals surface area contributed by atoms with E-state index in [1.807, 2.05) is 0 Å². The molecule has 1 rings (SSSR count). The van der Waals surface area contributed by atoms with Crippen molar-refractivity contribution in [3.8, 4) is 0 Å². The predicted molar refractivity (Wildman–Crippen MR) is 31.6 cm³/mol. The highest BCUT2D eigenvalue weighted by molar-refractivity contribution is 6.30. The van der Waals surface area contributed by atoms with Gasteiger partial charge in [0.2, 0.25) is 0 Å². The molecule has 1 aliphatic heterocycles. The lowest BCUT2D eigenvalue weighted by Crippen LogP contribution is -2.44. The SMILES string of the molecule is O=C1NC(Cl)=CC(O)N1. The molecule has 0 aromatic heterocycles. The van der Waals surface area contributed by atoms with Gasteiger partial charge in [-0.25, -0.2) is 4.79 Å². The van der Waals surface area contributed by atoms with Crippen molar-refractivity contribution in [1.29, 1.82) is 0 Å². The van der Waals surface area contributed by atoms with E-state index < -0.39 is 12.3 Å². The van der Waals surface area contributed by atoms with Crippen molar-refractivity contribution in [2.75, 3.05) is 0 Å². The Kier molecular flexibility index (Phi) is 1.59. The van der Waals surface area contributed by atoms with Crippen LogP contribution >= 0.6 is 11.6 Å². The van der Waals surface area contributed by atoms with Crippen molar-refractivity contribution in [1.82, 2.24) is 10.6 Å². The van der Waals surface area contributed by atoms with E-state index in [9.17, 15) is 4.79 Å². The minimum absolute atomic E-state index is 0.145. The van der Waals surface area contributed by atoms with Crippen LogP contribution in [0.1, 0.15) is 0 Å². The number of carbonyl (C=O) groups excluding carboxylic acids is 1. The van der Waals surface area contributed by atoms with Gasteiger partial charge in [0.25, 0.3) is 0 Å². The molecule has 0 bridgehead atoms. The molecule has 1 heterocycles. The molecular formula is C4H5ClN2O2. The number of hydrogen-bond acceptors (Lipinski definition) is 2. The Hall–Kier alpha value is -0.740. The van der Waals surface area contributed by atoms with Crippen LogP contribution in [0.3, 0.4) is 0 Å². The normalized spacial score (nSPS) is 26.2. The van der Waals surface area contributed by atoms with E-state index in [0.29, 0.717) is 0 Å². The van der Waals surface area contributed by atoms with Crippen LogP contribution in [0.25, 0.3) is 0 Å². The summed E-state index contributed by atoms with van der Waals surface area (Å²) in [6, 6.07) is -0.491. The maximum absolute atomic E-state index is 10.4. The minimum atomic E-state index is -0.966. The highest BCUT2D eigenvalue weighted by atomic mass is 35.5. The van der Waals surface area contributed by atoms with E-state index in [2.05, 4.69) is 10.6 Å². The maximum atomic E-state index is 10.4. The topological polar surface area (TPSA) is 61.4 Å². The molecule has 0 aliphatic carbocycles. The van der Waals surface area contributed by atoms with Crippen LogP contribution in [0.2, 0.25) is 0 Å². The average molecular weight is 149 g/mol. The Balaban J connectivity index is 2.67. The summed E-state index contributed by atoms with van der Waals surface area (Å²) >= 11 is 5.34. The fraction of sp³-hybridized carbons (Fsp3) is 0.250. The van der Waals surface area contributed by atoms with E-state index in [1.54, 1.807) is 0 Å². The molecule has 0 spiro atoms. The van der Waals surface area contributed by atoms with E-state index >= 15 is 0 Å². The lowest BCUT2D eigenvalue weighted by atomic mass is 10.5. The second kappa shape index (κ2) is 2.24. The number of nitrogens with one attached hydrogen (secondary N) is 2. The highest BCUT2D eigenvalue weighted by Gasteiger charge is 2.12. The lowest BCUT2D eigenvalue weighted by Gasteiger charge is -2.15. The van der Waals surface area contributed by atoms with Crippen LogP contribution in [0.5, 0.6) is 0 Å². The molecule has 0 fully saturated rings. The third kappa shape index (κ3) is 1.58.